The fourth-order valence-corrected chi connectivity index (χ4v) is 1.70. The largest absolute Gasteiger partial charge is 0.282 e. The predicted octanol–water partition coefficient (Wildman–Crippen LogP) is 1.82. The van der Waals surface area contributed by atoms with Gasteiger partial charge in [0, 0.05) is 19.4 Å². The van der Waals surface area contributed by atoms with Crippen molar-refractivity contribution in [1.82, 2.24) is 4.90 Å². The summed E-state index contributed by atoms with van der Waals surface area (Å²) in [6, 6.07) is 0. The molecule has 0 bridgehead atoms. The maximum Gasteiger partial charge on any atom is 0.229 e. The van der Waals surface area contributed by atoms with Crippen LogP contribution in [0.3, 0.4) is 0 Å². The normalized spacial score (nSPS) is 21.5. The highest BCUT2D eigenvalue weighted by molar-refractivity contribution is 6.01. The fraction of sp³-hybridized carbons (Fsp3) is 0.818. The zero-order chi connectivity index (χ0) is 10.7. The van der Waals surface area contributed by atoms with E-state index in [1.807, 2.05) is 0 Å². The first-order chi connectivity index (χ1) is 6.56. The van der Waals surface area contributed by atoms with Crippen molar-refractivity contribution < 1.29 is 9.59 Å². The molecular formula is C11H19NO2. The number of hydrogen-bond acceptors (Lipinski definition) is 2. The van der Waals surface area contributed by atoms with Gasteiger partial charge in [0.15, 0.2) is 0 Å². The van der Waals surface area contributed by atoms with Crippen LogP contribution in [0.2, 0.25) is 0 Å². The predicted molar refractivity (Wildman–Crippen MR) is 54.6 cm³/mol. The smallest absolute Gasteiger partial charge is 0.229 e. The Kier molecular flexibility index (Phi) is 3.67. The summed E-state index contributed by atoms with van der Waals surface area (Å²) < 4.78 is 0. The van der Waals surface area contributed by atoms with Crippen molar-refractivity contribution in [3.63, 3.8) is 0 Å². The van der Waals surface area contributed by atoms with Crippen LogP contribution in [-0.2, 0) is 9.59 Å². The van der Waals surface area contributed by atoms with Gasteiger partial charge in [-0.25, -0.2) is 0 Å². The van der Waals surface area contributed by atoms with E-state index < -0.39 is 0 Å². The Hall–Kier alpha value is -0.860. The third-order valence-corrected chi connectivity index (χ3v) is 3.24. The van der Waals surface area contributed by atoms with Crippen molar-refractivity contribution >= 4 is 11.8 Å². The second-order valence-corrected chi connectivity index (χ2v) is 4.26. The van der Waals surface area contributed by atoms with Gasteiger partial charge < -0.3 is 0 Å². The molecule has 1 saturated heterocycles. The van der Waals surface area contributed by atoms with Gasteiger partial charge in [0.25, 0.3) is 0 Å². The van der Waals surface area contributed by atoms with Crippen molar-refractivity contribution in [1.29, 1.82) is 0 Å². The van der Waals surface area contributed by atoms with Gasteiger partial charge >= 0.3 is 0 Å². The minimum Gasteiger partial charge on any atom is -0.282 e. The summed E-state index contributed by atoms with van der Waals surface area (Å²) in [6.07, 6.45) is 1.91. The Morgan fingerprint density at radius 3 is 2.07 bits per heavy atom. The highest BCUT2D eigenvalue weighted by Crippen LogP contribution is 2.19. The van der Waals surface area contributed by atoms with E-state index in [4.69, 9.17) is 0 Å². The van der Waals surface area contributed by atoms with Crippen molar-refractivity contribution in [3.05, 3.63) is 0 Å². The van der Waals surface area contributed by atoms with E-state index in [1.165, 1.54) is 4.90 Å². The molecule has 0 aromatic heterocycles. The van der Waals surface area contributed by atoms with Crippen molar-refractivity contribution in [3.8, 4) is 0 Å². The van der Waals surface area contributed by atoms with Crippen LogP contribution >= 0.6 is 0 Å². The summed E-state index contributed by atoms with van der Waals surface area (Å²) >= 11 is 0. The number of likely N-dealkylation sites (tertiary alicyclic amines) is 1. The van der Waals surface area contributed by atoms with Crippen LogP contribution < -0.4 is 0 Å². The molecular weight excluding hydrogens is 178 g/mol. The SMILES string of the molecule is CCC(C)C(C)CN1C(=O)CCC1=O. The molecule has 14 heavy (non-hydrogen) atoms. The number of amides is 2. The van der Waals surface area contributed by atoms with Crippen LogP contribution in [0.5, 0.6) is 0 Å². The van der Waals surface area contributed by atoms with Crippen LogP contribution in [0.25, 0.3) is 0 Å². The van der Waals surface area contributed by atoms with Crippen LogP contribution in [0, 0.1) is 11.8 Å². The summed E-state index contributed by atoms with van der Waals surface area (Å²) in [4.78, 5) is 24.1. The number of carbonyl (C=O) groups is 2. The Bertz CT molecular complexity index is 221. The number of carbonyl (C=O) groups excluding carboxylic acids is 2. The highest BCUT2D eigenvalue weighted by Gasteiger charge is 2.30. The average Bonchev–Trinajstić information content (AvgIpc) is 2.48. The molecule has 80 valence electrons. The summed E-state index contributed by atoms with van der Waals surface area (Å²) in [7, 11) is 0. The van der Waals surface area contributed by atoms with Gasteiger partial charge in [0.2, 0.25) is 11.8 Å². The Morgan fingerprint density at radius 1 is 1.14 bits per heavy atom. The molecule has 0 aliphatic carbocycles. The molecule has 1 aliphatic rings. The number of imide groups is 1. The molecule has 0 aromatic rings. The van der Waals surface area contributed by atoms with Crippen LogP contribution in [0.1, 0.15) is 40.0 Å². The molecule has 1 fully saturated rings. The maximum atomic E-state index is 11.3. The summed E-state index contributed by atoms with van der Waals surface area (Å²) in [5.74, 6) is 0.984. The molecule has 0 N–H and O–H groups in total. The lowest BCUT2D eigenvalue weighted by Crippen LogP contribution is -2.35. The lowest BCUT2D eigenvalue weighted by Gasteiger charge is -2.23. The minimum absolute atomic E-state index is 0.00477. The van der Waals surface area contributed by atoms with Crippen molar-refractivity contribution in [2.75, 3.05) is 6.54 Å². The standard InChI is InChI=1S/C11H19NO2/c1-4-8(2)9(3)7-12-10(13)5-6-11(12)14/h8-9H,4-7H2,1-3H3. The second-order valence-electron chi connectivity index (χ2n) is 4.26. The van der Waals surface area contributed by atoms with E-state index in [0.717, 1.165) is 6.42 Å². The lowest BCUT2D eigenvalue weighted by atomic mass is 9.93. The third kappa shape index (κ3) is 2.34. The molecule has 2 amide bonds. The molecule has 0 spiro atoms. The molecule has 2 unspecified atom stereocenters. The van der Waals surface area contributed by atoms with Crippen LogP contribution in [-0.4, -0.2) is 23.3 Å². The Balaban J connectivity index is 2.50. The third-order valence-electron chi connectivity index (χ3n) is 3.24. The second kappa shape index (κ2) is 4.58. The van der Waals surface area contributed by atoms with Crippen LogP contribution in [0.4, 0.5) is 0 Å². The van der Waals surface area contributed by atoms with E-state index in [0.29, 0.717) is 31.2 Å². The molecule has 0 saturated carbocycles. The van der Waals surface area contributed by atoms with Gasteiger partial charge in [-0.3, -0.25) is 14.5 Å². The first-order valence-corrected chi connectivity index (χ1v) is 5.39. The topological polar surface area (TPSA) is 37.4 Å². The van der Waals surface area contributed by atoms with Gasteiger partial charge in [-0.1, -0.05) is 27.2 Å². The Morgan fingerprint density at radius 2 is 1.64 bits per heavy atom. The monoisotopic (exact) mass is 197 g/mol. The van der Waals surface area contributed by atoms with E-state index in [2.05, 4.69) is 20.8 Å². The molecule has 3 heteroatoms. The highest BCUT2D eigenvalue weighted by atomic mass is 16.2. The zero-order valence-electron chi connectivity index (χ0n) is 9.25. The molecule has 0 aromatic carbocycles. The first-order valence-electron chi connectivity index (χ1n) is 5.39. The van der Waals surface area contributed by atoms with Crippen LogP contribution in [0.15, 0.2) is 0 Å². The van der Waals surface area contributed by atoms with Gasteiger partial charge in [-0.15, -0.1) is 0 Å². The van der Waals surface area contributed by atoms with E-state index >= 15 is 0 Å². The summed E-state index contributed by atoms with van der Waals surface area (Å²) in [5, 5.41) is 0. The minimum atomic E-state index is 0.00477. The summed E-state index contributed by atoms with van der Waals surface area (Å²) in [6.45, 7) is 7.00. The van der Waals surface area contributed by atoms with Gasteiger partial charge in [-0.05, 0) is 11.8 Å². The number of nitrogens with zero attached hydrogens (tertiary/aromatic N) is 1. The fourth-order valence-electron chi connectivity index (χ4n) is 1.70. The number of rotatable bonds is 4. The molecule has 1 heterocycles. The first kappa shape index (κ1) is 11.2. The molecule has 3 nitrogen and oxygen atoms in total. The molecule has 1 aliphatic heterocycles. The maximum absolute atomic E-state index is 11.3. The zero-order valence-corrected chi connectivity index (χ0v) is 9.25. The van der Waals surface area contributed by atoms with Gasteiger partial charge in [-0.2, -0.15) is 0 Å². The van der Waals surface area contributed by atoms with Crippen molar-refractivity contribution in [2.24, 2.45) is 11.8 Å². The molecule has 1 rings (SSSR count). The molecule has 2 atom stereocenters. The Labute approximate surface area is 85.5 Å². The lowest BCUT2D eigenvalue weighted by molar-refractivity contribution is -0.139. The molecule has 0 radical (unpaired) electrons. The van der Waals surface area contributed by atoms with Crippen molar-refractivity contribution in [2.45, 2.75) is 40.0 Å². The van der Waals surface area contributed by atoms with E-state index in [1.54, 1.807) is 0 Å². The van der Waals surface area contributed by atoms with E-state index in [-0.39, 0.29) is 11.8 Å². The quantitative estimate of drug-likeness (QED) is 0.645. The summed E-state index contributed by atoms with van der Waals surface area (Å²) in [5.41, 5.74) is 0. The average molecular weight is 197 g/mol. The van der Waals surface area contributed by atoms with Gasteiger partial charge in [0.05, 0.1) is 0 Å². The number of hydrogen-bond donors (Lipinski definition) is 0. The van der Waals surface area contributed by atoms with Gasteiger partial charge in [0.1, 0.15) is 0 Å². The van der Waals surface area contributed by atoms with E-state index in [9.17, 15) is 9.59 Å².